The average molecular weight is 321 g/mol. The number of aliphatic hydroxyl groups is 1. The number of pyridine rings is 1. The molecule has 2 N–H and O–H groups in total. The third-order valence-electron chi connectivity index (χ3n) is 3.96. The first-order valence-electron chi connectivity index (χ1n) is 7.11. The first-order chi connectivity index (χ1) is 10.5. The lowest BCUT2D eigenvalue weighted by Crippen LogP contribution is -2.41. The predicted octanol–water partition coefficient (Wildman–Crippen LogP) is 1.71. The lowest BCUT2D eigenvalue weighted by Gasteiger charge is -2.37. The van der Waals surface area contributed by atoms with Gasteiger partial charge in [0.1, 0.15) is 0 Å². The molecule has 2 aromatic heterocycles. The molecular formula is C15H17ClN4O2. The Balaban J connectivity index is 1.79. The molecule has 0 spiro atoms. The Labute approximate surface area is 133 Å². The van der Waals surface area contributed by atoms with Crippen LogP contribution >= 0.6 is 11.6 Å². The van der Waals surface area contributed by atoms with Gasteiger partial charge in [-0.3, -0.25) is 14.5 Å². The maximum Gasteiger partial charge on any atom is 0.253 e. The van der Waals surface area contributed by atoms with Crippen molar-refractivity contribution in [3.63, 3.8) is 0 Å². The van der Waals surface area contributed by atoms with Crippen molar-refractivity contribution in [3.8, 4) is 0 Å². The van der Waals surface area contributed by atoms with Crippen molar-refractivity contribution in [2.45, 2.75) is 25.0 Å². The monoisotopic (exact) mass is 320 g/mol. The molecule has 2 heterocycles. The Bertz CT molecular complexity index is 682. The third-order valence-corrected chi connectivity index (χ3v) is 4.17. The molecule has 0 bridgehead atoms. The number of rotatable bonds is 4. The molecule has 2 aromatic rings. The molecule has 0 saturated heterocycles. The lowest BCUT2D eigenvalue weighted by atomic mass is 9.75. The highest BCUT2D eigenvalue weighted by Crippen LogP contribution is 2.38. The molecule has 1 atom stereocenters. The van der Waals surface area contributed by atoms with Crippen LogP contribution in [0.1, 0.15) is 34.8 Å². The molecule has 0 aliphatic heterocycles. The molecule has 1 saturated carbocycles. The molecule has 6 nitrogen and oxygen atoms in total. The maximum absolute atomic E-state index is 12.4. The molecule has 1 aliphatic carbocycles. The Morgan fingerprint density at radius 1 is 1.45 bits per heavy atom. The molecule has 0 radical (unpaired) electrons. The minimum Gasteiger partial charge on any atom is -0.393 e. The zero-order valence-corrected chi connectivity index (χ0v) is 12.9. The lowest BCUT2D eigenvalue weighted by molar-refractivity contribution is 0.0235. The summed E-state index contributed by atoms with van der Waals surface area (Å²) in [6.07, 6.45) is 7.66. The van der Waals surface area contributed by atoms with E-state index in [1.165, 1.54) is 12.4 Å². The maximum atomic E-state index is 12.4. The fourth-order valence-electron chi connectivity index (χ4n) is 2.74. The molecule has 1 aliphatic rings. The van der Waals surface area contributed by atoms with Gasteiger partial charge in [-0.25, -0.2) is 0 Å². The summed E-state index contributed by atoms with van der Waals surface area (Å²) in [6, 6.07) is 1.41. The Kier molecular flexibility index (Phi) is 4.13. The van der Waals surface area contributed by atoms with Crippen molar-refractivity contribution in [1.82, 2.24) is 20.1 Å². The first kappa shape index (κ1) is 15.0. The highest BCUT2D eigenvalue weighted by atomic mass is 35.5. The van der Waals surface area contributed by atoms with Gasteiger partial charge in [-0.05, 0) is 24.8 Å². The van der Waals surface area contributed by atoms with Crippen molar-refractivity contribution >= 4 is 17.5 Å². The van der Waals surface area contributed by atoms with Crippen molar-refractivity contribution < 1.29 is 9.90 Å². The van der Waals surface area contributed by atoms with Crippen LogP contribution in [0.4, 0.5) is 0 Å². The van der Waals surface area contributed by atoms with Crippen molar-refractivity contribution in [2.75, 3.05) is 0 Å². The predicted molar refractivity (Wildman–Crippen MR) is 81.4 cm³/mol. The smallest absolute Gasteiger partial charge is 0.253 e. The van der Waals surface area contributed by atoms with E-state index >= 15 is 0 Å². The fourth-order valence-corrected chi connectivity index (χ4v) is 2.91. The topological polar surface area (TPSA) is 80.0 Å². The van der Waals surface area contributed by atoms with Gasteiger partial charge in [0.2, 0.25) is 0 Å². The number of amides is 1. The quantitative estimate of drug-likeness (QED) is 0.898. The summed E-state index contributed by atoms with van der Waals surface area (Å²) in [4.78, 5) is 16.3. The molecule has 0 aromatic carbocycles. The number of nitrogens with one attached hydrogen (secondary N) is 1. The number of aryl methyl sites for hydroxylation is 1. The zero-order valence-electron chi connectivity index (χ0n) is 12.1. The molecule has 1 fully saturated rings. The van der Waals surface area contributed by atoms with Crippen molar-refractivity contribution in [2.24, 2.45) is 13.0 Å². The minimum atomic E-state index is -0.283. The Morgan fingerprint density at radius 3 is 2.82 bits per heavy atom. The van der Waals surface area contributed by atoms with Gasteiger partial charge in [-0.1, -0.05) is 11.6 Å². The van der Waals surface area contributed by atoms with Crippen LogP contribution in [0.2, 0.25) is 5.02 Å². The van der Waals surface area contributed by atoms with Gasteiger partial charge in [0, 0.05) is 31.2 Å². The van der Waals surface area contributed by atoms with Crippen molar-refractivity contribution in [1.29, 1.82) is 0 Å². The normalized spacial score (nSPS) is 22.0. The summed E-state index contributed by atoms with van der Waals surface area (Å²) in [7, 11) is 1.83. The van der Waals surface area contributed by atoms with Crippen LogP contribution < -0.4 is 5.32 Å². The van der Waals surface area contributed by atoms with E-state index in [0.717, 1.165) is 5.56 Å². The molecule has 22 heavy (non-hydrogen) atoms. The van der Waals surface area contributed by atoms with Crippen molar-refractivity contribution in [3.05, 3.63) is 47.0 Å². The van der Waals surface area contributed by atoms with E-state index in [2.05, 4.69) is 15.4 Å². The van der Waals surface area contributed by atoms with E-state index in [0.29, 0.717) is 23.4 Å². The van der Waals surface area contributed by atoms with Crippen LogP contribution in [0.5, 0.6) is 0 Å². The minimum absolute atomic E-state index is 0.177. The molecule has 3 rings (SSSR count). The second-order valence-corrected chi connectivity index (χ2v) is 6.11. The Hall–Kier alpha value is -1.92. The van der Waals surface area contributed by atoms with E-state index in [4.69, 9.17) is 11.6 Å². The first-order valence-corrected chi connectivity index (χ1v) is 7.49. The zero-order chi connectivity index (χ0) is 15.7. The number of hydrogen-bond donors (Lipinski definition) is 2. The number of carbonyl (C=O) groups excluding carboxylic acids is 1. The summed E-state index contributed by atoms with van der Waals surface area (Å²) in [5.74, 6) is -0.0273. The Morgan fingerprint density at radius 2 is 2.23 bits per heavy atom. The second kappa shape index (κ2) is 6.06. The summed E-state index contributed by atoms with van der Waals surface area (Å²) in [5, 5.41) is 17.1. The average Bonchev–Trinajstić information content (AvgIpc) is 2.88. The number of nitrogens with zero attached hydrogens (tertiary/aromatic N) is 3. The highest BCUT2D eigenvalue weighted by Gasteiger charge is 2.36. The summed E-state index contributed by atoms with van der Waals surface area (Å²) < 4.78 is 1.70. The highest BCUT2D eigenvalue weighted by molar-refractivity contribution is 6.30. The summed E-state index contributed by atoms with van der Waals surface area (Å²) >= 11 is 5.88. The fraction of sp³-hybridized carbons (Fsp3) is 0.400. The summed E-state index contributed by atoms with van der Waals surface area (Å²) in [6.45, 7) is 0. The number of carbonyl (C=O) groups is 1. The number of hydrogen-bond acceptors (Lipinski definition) is 4. The third kappa shape index (κ3) is 3.13. The van der Waals surface area contributed by atoms with Gasteiger partial charge < -0.3 is 10.4 Å². The number of aliphatic hydroxyl groups excluding tert-OH is 1. The molecule has 116 valence electrons. The van der Waals surface area contributed by atoms with Crippen LogP contribution in [0.15, 0.2) is 30.9 Å². The van der Waals surface area contributed by atoms with E-state index in [1.807, 2.05) is 13.2 Å². The molecule has 1 amide bonds. The van der Waals surface area contributed by atoms with Crippen LogP contribution in [0, 0.1) is 5.92 Å². The van der Waals surface area contributed by atoms with Gasteiger partial charge in [-0.2, -0.15) is 5.10 Å². The van der Waals surface area contributed by atoms with Gasteiger partial charge in [0.25, 0.3) is 5.91 Å². The van der Waals surface area contributed by atoms with Gasteiger partial charge in [-0.15, -0.1) is 0 Å². The number of halogens is 1. The standard InChI is InChI=1S/C15H17ClN4O2/c1-20-8-11(6-18-20)14(9-3-13(21)4-9)19-15(22)10-2-12(16)7-17-5-10/h2,5-9,13-14,21H,3-4H2,1H3,(H,19,22)/t9?,13?,14-/m0/s1. The SMILES string of the molecule is Cn1cc([C@@H](NC(=O)c2cncc(Cl)c2)C2CC(O)C2)cn1. The van der Waals surface area contributed by atoms with E-state index in [-0.39, 0.29) is 24.0 Å². The molecule has 0 unspecified atom stereocenters. The van der Waals surface area contributed by atoms with E-state index in [9.17, 15) is 9.90 Å². The summed E-state index contributed by atoms with van der Waals surface area (Å²) in [5.41, 5.74) is 1.35. The van der Waals surface area contributed by atoms with Crippen LogP contribution in [0.25, 0.3) is 0 Å². The van der Waals surface area contributed by atoms with Gasteiger partial charge in [0.05, 0.1) is 28.9 Å². The van der Waals surface area contributed by atoms with Gasteiger partial charge >= 0.3 is 0 Å². The van der Waals surface area contributed by atoms with E-state index in [1.54, 1.807) is 16.9 Å². The number of aromatic nitrogens is 3. The molecular weight excluding hydrogens is 304 g/mol. The molecule has 7 heteroatoms. The largest absolute Gasteiger partial charge is 0.393 e. The van der Waals surface area contributed by atoms with E-state index < -0.39 is 0 Å². The van der Waals surface area contributed by atoms with Gasteiger partial charge in [0.15, 0.2) is 0 Å². The van der Waals surface area contributed by atoms with Crippen LogP contribution in [0.3, 0.4) is 0 Å². The second-order valence-electron chi connectivity index (χ2n) is 5.68. The van der Waals surface area contributed by atoms with Crippen LogP contribution in [-0.2, 0) is 7.05 Å². The van der Waals surface area contributed by atoms with Crippen LogP contribution in [-0.4, -0.2) is 31.9 Å².